The van der Waals surface area contributed by atoms with E-state index in [1.807, 2.05) is 0 Å². The van der Waals surface area contributed by atoms with Crippen LogP contribution in [0, 0.1) is 28.6 Å². The second-order valence-corrected chi connectivity index (χ2v) is 6.82. The quantitative estimate of drug-likeness (QED) is 0.766. The van der Waals surface area contributed by atoms with E-state index in [0.29, 0.717) is 5.92 Å². The van der Waals surface area contributed by atoms with Gasteiger partial charge in [-0.3, -0.25) is 0 Å². The van der Waals surface area contributed by atoms with Gasteiger partial charge in [0, 0.05) is 0 Å². The molecule has 2 aliphatic rings. The molecule has 0 heterocycles. The van der Waals surface area contributed by atoms with E-state index in [2.05, 4.69) is 13.0 Å². The summed E-state index contributed by atoms with van der Waals surface area (Å²) < 4.78 is 0. The molecule has 0 aromatic carbocycles. The van der Waals surface area contributed by atoms with Crippen molar-refractivity contribution in [3.8, 4) is 6.07 Å². The van der Waals surface area contributed by atoms with Crippen LogP contribution in [-0.2, 0) is 0 Å². The Balaban J connectivity index is 2.02. The fraction of sp³-hybridized carbons (Fsp3) is 0.941. The lowest BCUT2D eigenvalue weighted by atomic mass is 9.64. The molecule has 19 heavy (non-hydrogen) atoms. The number of hydrogen-bond donors (Lipinski definition) is 1. The van der Waals surface area contributed by atoms with Gasteiger partial charge in [-0.1, -0.05) is 39.0 Å². The van der Waals surface area contributed by atoms with E-state index in [4.69, 9.17) is 0 Å². The molecule has 1 atom stereocenters. The van der Waals surface area contributed by atoms with Crippen LogP contribution in [0.25, 0.3) is 0 Å². The number of aliphatic hydroxyl groups excluding tert-OH is 1. The summed E-state index contributed by atoms with van der Waals surface area (Å²) in [5.74, 6) is 1.16. The van der Waals surface area contributed by atoms with Gasteiger partial charge < -0.3 is 5.11 Å². The average Bonchev–Trinajstić information content (AvgIpc) is 2.75. The summed E-state index contributed by atoms with van der Waals surface area (Å²) in [4.78, 5) is 0. The molecular formula is C17H29NO. The first-order valence-electron chi connectivity index (χ1n) is 8.31. The van der Waals surface area contributed by atoms with Gasteiger partial charge in [-0.05, 0) is 50.4 Å². The van der Waals surface area contributed by atoms with Gasteiger partial charge in [0.25, 0.3) is 0 Å². The normalized spacial score (nSPS) is 35.3. The highest BCUT2D eigenvalue weighted by atomic mass is 16.3. The highest BCUT2D eigenvalue weighted by molar-refractivity contribution is 5.07. The van der Waals surface area contributed by atoms with Crippen LogP contribution in [0.5, 0.6) is 0 Å². The van der Waals surface area contributed by atoms with Crippen molar-refractivity contribution < 1.29 is 5.11 Å². The minimum absolute atomic E-state index is 0.375. The number of nitriles is 1. The molecule has 0 bridgehead atoms. The standard InChI is InChI=1S/C17H29NO/c1-2-14-9-11-17(13-18,12-10-14)16(19)15-7-5-3-4-6-8-15/h14-16,19H,2-12H2,1H3. The van der Waals surface area contributed by atoms with Crippen LogP contribution in [0.1, 0.15) is 77.6 Å². The zero-order valence-electron chi connectivity index (χ0n) is 12.4. The summed E-state index contributed by atoms with van der Waals surface area (Å²) in [6.45, 7) is 2.24. The van der Waals surface area contributed by atoms with Crippen LogP contribution in [0.2, 0.25) is 0 Å². The maximum absolute atomic E-state index is 10.8. The van der Waals surface area contributed by atoms with Crippen LogP contribution in [0.15, 0.2) is 0 Å². The lowest BCUT2D eigenvalue weighted by Crippen LogP contribution is -2.42. The first-order chi connectivity index (χ1) is 9.22. The van der Waals surface area contributed by atoms with Crippen molar-refractivity contribution in [2.24, 2.45) is 17.3 Å². The summed E-state index contributed by atoms with van der Waals surface area (Å²) in [5.41, 5.74) is -0.430. The molecule has 108 valence electrons. The van der Waals surface area contributed by atoms with Gasteiger partial charge in [-0.25, -0.2) is 0 Å². The van der Waals surface area contributed by atoms with Crippen molar-refractivity contribution in [2.75, 3.05) is 0 Å². The second-order valence-electron chi connectivity index (χ2n) is 6.82. The third kappa shape index (κ3) is 3.31. The molecule has 2 nitrogen and oxygen atoms in total. The van der Waals surface area contributed by atoms with Gasteiger partial charge >= 0.3 is 0 Å². The zero-order valence-corrected chi connectivity index (χ0v) is 12.4. The Kier molecular flexibility index (Phi) is 5.28. The van der Waals surface area contributed by atoms with E-state index < -0.39 is 5.41 Å². The van der Waals surface area contributed by atoms with Crippen LogP contribution >= 0.6 is 0 Å². The van der Waals surface area contributed by atoms with E-state index in [0.717, 1.165) is 44.4 Å². The van der Waals surface area contributed by atoms with Crippen molar-refractivity contribution in [1.29, 1.82) is 5.26 Å². The molecule has 2 aliphatic carbocycles. The lowest BCUT2D eigenvalue weighted by molar-refractivity contribution is -0.0201. The summed E-state index contributed by atoms with van der Waals surface area (Å²) >= 11 is 0. The SMILES string of the molecule is CCC1CCC(C#N)(C(O)C2CCCCCC2)CC1. The largest absolute Gasteiger partial charge is 0.391 e. The maximum atomic E-state index is 10.8. The highest BCUT2D eigenvalue weighted by Gasteiger charge is 2.44. The number of nitrogens with zero attached hydrogens (tertiary/aromatic N) is 1. The van der Waals surface area contributed by atoms with E-state index >= 15 is 0 Å². The van der Waals surface area contributed by atoms with Crippen molar-refractivity contribution in [3.63, 3.8) is 0 Å². The number of aliphatic hydroxyl groups is 1. The molecule has 2 rings (SSSR count). The minimum atomic E-state index is -0.430. The van der Waals surface area contributed by atoms with Crippen molar-refractivity contribution in [1.82, 2.24) is 0 Å². The second kappa shape index (κ2) is 6.75. The third-order valence-corrected chi connectivity index (χ3v) is 5.71. The summed E-state index contributed by atoms with van der Waals surface area (Å²) in [6, 6.07) is 2.53. The van der Waals surface area contributed by atoms with Crippen LogP contribution in [-0.4, -0.2) is 11.2 Å². The predicted molar refractivity (Wildman–Crippen MR) is 77.5 cm³/mol. The van der Waals surface area contributed by atoms with E-state index in [1.165, 1.54) is 32.1 Å². The molecule has 2 saturated carbocycles. The first-order valence-corrected chi connectivity index (χ1v) is 8.31. The zero-order chi connectivity index (χ0) is 13.7. The molecule has 0 aromatic heterocycles. The molecular weight excluding hydrogens is 234 g/mol. The molecule has 1 unspecified atom stereocenters. The van der Waals surface area contributed by atoms with Gasteiger partial charge in [0.15, 0.2) is 0 Å². The fourth-order valence-corrected chi connectivity index (χ4v) is 4.15. The molecule has 2 fully saturated rings. The monoisotopic (exact) mass is 263 g/mol. The van der Waals surface area contributed by atoms with Crippen LogP contribution < -0.4 is 0 Å². The molecule has 0 radical (unpaired) electrons. The van der Waals surface area contributed by atoms with Gasteiger partial charge in [-0.2, -0.15) is 5.26 Å². The molecule has 0 amide bonds. The van der Waals surface area contributed by atoms with Gasteiger partial charge in [0.05, 0.1) is 17.6 Å². The first kappa shape index (κ1) is 14.9. The van der Waals surface area contributed by atoms with Gasteiger partial charge in [0.1, 0.15) is 0 Å². The number of hydrogen-bond acceptors (Lipinski definition) is 2. The smallest absolute Gasteiger partial charge is 0.0835 e. The molecule has 1 N–H and O–H groups in total. The molecule has 0 spiro atoms. The number of rotatable bonds is 3. The Labute approximate surface area is 118 Å². The summed E-state index contributed by atoms with van der Waals surface area (Å²) in [7, 11) is 0. The van der Waals surface area contributed by atoms with Crippen molar-refractivity contribution >= 4 is 0 Å². The minimum Gasteiger partial charge on any atom is -0.391 e. The van der Waals surface area contributed by atoms with E-state index in [1.54, 1.807) is 0 Å². The van der Waals surface area contributed by atoms with Crippen LogP contribution in [0.3, 0.4) is 0 Å². The molecule has 0 saturated heterocycles. The third-order valence-electron chi connectivity index (χ3n) is 5.71. The Morgan fingerprint density at radius 3 is 2.16 bits per heavy atom. The Hall–Kier alpha value is -0.550. The lowest BCUT2D eigenvalue weighted by Gasteiger charge is -2.41. The Morgan fingerprint density at radius 2 is 1.68 bits per heavy atom. The van der Waals surface area contributed by atoms with E-state index in [-0.39, 0.29) is 6.10 Å². The summed E-state index contributed by atoms with van der Waals surface area (Å²) in [5, 5.41) is 20.5. The fourth-order valence-electron chi connectivity index (χ4n) is 4.15. The predicted octanol–water partition coefficient (Wildman–Crippen LogP) is 4.43. The topological polar surface area (TPSA) is 44.0 Å². The maximum Gasteiger partial charge on any atom is 0.0835 e. The Bertz CT molecular complexity index is 304. The van der Waals surface area contributed by atoms with Crippen molar-refractivity contribution in [2.45, 2.75) is 83.7 Å². The molecule has 2 heteroatoms. The molecule has 0 aromatic rings. The van der Waals surface area contributed by atoms with Crippen molar-refractivity contribution in [3.05, 3.63) is 0 Å². The average molecular weight is 263 g/mol. The van der Waals surface area contributed by atoms with Gasteiger partial charge in [-0.15, -0.1) is 0 Å². The van der Waals surface area contributed by atoms with E-state index in [9.17, 15) is 10.4 Å². The highest BCUT2D eigenvalue weighted by Crippen LogP contribution is 2.46. The molecule has 0 aliphatic heterocycles. The van der Waals surface area contributed by atoms with Gasteiger partial charge in [0.2, 0.25) is 0 Å². The van der Waals surface area contributed by atoms with Crippen LogP contribution in [0.4, 0.5) is 0 Å². The Morgan fingerprint density at radius 1 is 1.11 bits per heavy atom. The summed E-state index contributed by atoms with van der Waals surface area (Å²) in [6.07, 6.45) is 12.3.